The van der Waals surface area contributed by atoms with Crippen molar-refractivity contribution in [1.82, 2.24) is 15.1 Å². The number of H-pyrrole nitrogens is 1. The number of nitrogens with zero attached hydrogens (tertiary/aromatic N) is 2. The van der Waals surface area contributed by atoms with Gasteiger partial charge in [0.25, 0.3) is 5.91 Å². The lowest BCUT2D eigenvalue weighted by atomic mass is 9.93. The van der Waals surface area contributed by atoms with E-state index in [2.05, 4.69) is 35.3 Å². The van der Waals surface area contributed by atoms with Crippen molar-refractivity contribution in [2.75, 3.05) is 6.54 Å². The van der Waals surface area contributed by atoms with Gasteiger partial charge in [-0.15, -0.1) is 0 Å². The van der Waals surface area contributed by atoms with Crippen LogP contribution in [0, 0.1) is 0 Å². The molecule has 0 bridgehead atoms. The molecule has 0 saturated heterocycles. The minimum atomic E-state index is -0.000506. The zero-order chi connectivity index (χ0) is 15.1. The summed E-state index contributed by atoms with van der Waals surface area (Å²) in [5, 5.41) is 8.08. The maximum absolute atomic E-state index is 12.9. The zero-order valence-electron chi connectivity index (χ0n) is 12.4. The van der Waals surface area contributed by atoms with Crippen LogP contribution in [-0.4, -0.2) is 27.5 Å². The molecule has 1 amide bonds. The fraction of sp³-hybridized carbons (Fsp3) is 0.222. The molecule has 2 heterocycles. The number of aromatic amines is 1. The molecule has 1 aromatic heterocycles. The smallest absolute Gasteiger partial charge is 0.275 e. The van der Waals surface area contributed by atoms with E-state index >= 15 is 0 Å². The SMILES string of the molecule is CC1c2ccccc2CCN1C(=O)c1n[nH]c2ccccc12. The van der Waals surface area contributed by atoms with Crippen LogP contribution < -0.4 is 0 Å². The van der Waals surface area contributed by atoms with Crippen LogP contribution in [0.1, 0.15) is 34.6 Å². The van der Waals surface area contributed by atoms with E-state index in [0.29, 0.717) is 5.69 Å². The first-order valence-electron chi connectivity index (χ1n) is 7.57. The molecule has 0 fully saturated rings. The predicted octanol–water partition coefficient (Wildman–Crippen LogP) is 3.32. The van der Waals surface area contributed by atoms with Crippen molar-refractivity contribution in [3.8, 4) is 0 Å². The highest BCUT2D eigenvalue weighted by atomic mass is 16.2. The molecule has 4 heteroatoms. The first-order valence-corrected chi connectivity index (χ1v) is 7.57. The van der Waals surface area contributed by atoms with Crippen molar-refractivity contribution < 1.29 is 4.79 Å². The van der Waals surface area contributed by atoms with E-state index in [1.165, 1.54) is 11.1 Å². The molecular weight excluding hydrogens is 274 g/mol. The molecular formula is C18H17N3O. The molecule has 0 radical (unpaired) electrons. The Hall–Kier alpha value is -2.62. The molecule has 1 N–H and O–H groups in total. The normalized spacial score (nSPS) is 17.5. The third-order valence-electron chi connectivity index (χ3n) is 4.53. The summed E-state index contributed by atoms with van der Waals surface area (Å²) in [6.07, 6.45) is 0.897. The number of amides is 1. The van der Waals surface area contributed by atoms with E-state index in [9.17, 15) is 4.79 Å². The Balaban J connectivity index is 1.72. The second-order valence-corrected chi connectivity index (χ2v) is 5.74. The lowest BCUT2D eigenvalue weighted by Crippen LogP contribution is -2.39. The van der Waals surface area contributed by atoms with E-state index < -0.39 is 0 Å². The van der Waals surface area contributed by atoms with Crippen LogP contribution >= 0.6 is 0 Å². The fourth-order valence-corrected chi connectivity index (χ4v) is 3.31. The third-order valence-corrected chi connectivity index (χ3v) is 4.53. The van der Waals surface area contributed by atoms with Crippen LogP contribution in [-0.2, 0) is 6.42 Å². The highest BCUT2D eigenvalue weighted by molar-refractivity contribution is 6.04. The molecule has 1 aliphatic rings. The number of hydrogen-bond donors (Lipinski definition) is 1. The Morgan fingerprint density at radius 2 is 1.95 bits per heavy atom. The fourth-order valence-electron chi connectivity index (χ4n) is 3.31. The molecule has 0 spiro atoms. The number of hydrogen-bond acceptors (Lipinski definition) is 2. The van der Waals surface area contributed by atoms with Gasteiger partial charge in [0, 0.05) is 11.9 Å². The lowest BCUT2D eigenvalue weighted by Gasteiger charge is -2.34. The van der Waals surface area contributed by atoms with Crippen LogP contribution in [0.15, 0.2) is 48.5 Å². The van der Waals surface area contributed by atoms with Gasteiger partial charge in [0.2, 0.25) is 0 Å². The number of para-hydroxylation sites is 1. The Morgan fingerprint density at radius 3 is 2.86 bits per heavy atom. The van der Waals surface area contributed by atoms with Crippen molar-refractivity contribution in [3.05, 3.63) is 65.4 Å². The number of benzene rings is 2. The second kappa shape index (κ2) is 4.98. The monoisotopic (exact) mass is 291 g/mol. The first-order chi connectivity index (χ1) is 10.8. The van der Waals surface area contributed by atoms with Crippen LogP contribution in [0.3, 0.4) is 0 Å². The van der Waals surface area contributed by atoms with E-state index in [1.54, 1.807) is 0 Å². The molecule has 1 aliphatic heterocycles. The van der Waals surface area contributed by atoms with Gasteiger partial charge in [-0.1, -0.05) is 42.5 Å². The van der Waals surface area contributed by atoms with E-state index in [4.69, 9.17) is 0 Å². The molecule has 1 atom stereocenters. The summed E-state index contributed by atoms with van der Waals surface area (Å²) < 4.78 is 0. The number of carbonyl (C=O) groups excluding carboxylic acids is 1. The highest BCUT2D eigenvalue weighted by Crippen LogP contribution is 2.31. The summed E-state index contributed by atoms with van der Waals surface area (Å²) in [5.41, 5.74) is 3.99. The number of nitrogens with one attached hydrogen (secondary N) is 1. The van der Waals surface area contributed by atoms with Crippen molar-refractivity contribution >= 4 is 16.8 Å². The molecule has 3 aromatic rings. The van der Waals surface area contributed by atoms with Gasteiger partial charge in [0.1, 0.15) is 0 Å². The van der Waals surface area contributed by atoms with Gasteiger partial charge in [-0.25, -0.2) is 0 Å². The largest absolute Gasteiger partial charge is 0.330 e. The molecule has 22 heavy (non-hydrogen) atoms. The molecule has 1 unspecified atom stereocenters. The van der Waals surface area contributed by atoms with Gasteiger partial charge >= 0.3 is 0 Å². The summed E-state index contributed by atoms with van der Waals surface area (Å²) in [7, 11) is 0. The summed E-state index contributed by atoms with van der Waals surface area (Å²) in [4.78, 5) is 14.9. The third kappa shape index (κ3) is 1.91. The summed E-state index contributed by atoms with van der Waals surface area (Å²) in [6, 6.07) is 16.2. The van der Waals surface area contributed by atoms with Crippen molar-refractivity contribution in [3.63, 3.8) is 0 Å². The van der Waals surface area contributed by atoms with Gasteiger partial charge < -0.3 is 4.90 Å². The molecule has 0 saturated carbocycles. The summed E-state index contributed by atoms with van der Waals surface area (Å²) in [6.45, 7) is 2.82. The van der Waals surface area contributed by atoms with Crippen LogP contribution in [0.25, 0.3) is 10.9 Å². The van der Waals surface area contributed by atoms with Crippen molar-refractivity contribution in [1.29, 1.82) is 0 Å². The van der Waals surface area contributed by atoms with Crippen LogP contribution in [0.5, 0.6) is 0 Å². The lowest BCUT2D eigenvalue weighted by molar-refractivity contribution is 0.0673. The molecule has 4 rings (SSSR count). The van der Waals surface area contributed by atoms with Gasteiger partial charge in [0.15, 0.2) is 5.69 Å². The quantitative estimate of drug-likeness (QED) is 0.747. The van der Waals surface area contributed by atoms with Crippen LogP contribution in [0.4, 0.5) is 0 Å². The van der Waals surface area contributed by atoms with Gasteiger partial charge in [-0.05, 0) is 30.5 Å². The molecule has 0 aliphatic carbocycles. The maximum atomic E-state index is 12.9. The van der Waals surface area contributed by atoms with E-state index in [0.717, 1.165) is 23.9 Å². The van der Waals surface area contributed by atoms with Crippen molar-refractivity contribution in [2.45, 2.75) is 19.4 Å². The first kappa shape index (κ1) is 13.1. The predicted molar refractivity (Wildman–Crippen MR) is 85.7 cm³/mol. The number of carbonyl (C=O) groups is 1. The van der Waals surface area contributed by atoms with E-state index in [-0.39, 0.29) is 11.9 Å². The minimum absolute atomic E-state index is 0.000506. The van der Waals surface area contributed by atoms with E-state index in [1.807, 2.05) is 35.2 Å². The topological polar surface area (TPSA) is 49.0 Å². The van der Waals surface area contributed by atoms with Crippen molar-refractivity contribution in [2.24, 2.45) is 0 Å². The Labute approximate surface area is 128 Å². The summed E-state index contributed by atoms with van der Waals surface area (Å²) in [5.74, 6) is -0.000506. The van der Waals surface area contributed by atoms with Gasteiger partial charge in [0.05, 0.1) is 11.6 Å². The number of aromatic nitrogens is 2. The Morgan fingerprint density at radius 1 is 1.18 bits per heavy atom. The van der Waals surface area contributed by atoms with Gasteiger partial charge in [-0.2, -0.15) is 5.10 Å². The highest BCUT2D eigenvalue weighted by Gasteiger charge is 2.29. The number of fused-ring (bicyclic) bond motifs is 2. The molecule has 4 nitrogen and oxygen atoms in total. The molecule has 2 aromatic carbocycles. The molecule has 110 valence electrons. The number of rotatable bonds is 1. The summed E-state index contributed by atoms with van der Waals surface area (Å²) >= 11 is 0. The Bertz CT molecular complexity index is 852. The average Bonchev–Trinajstić information content (AvgIpc) is 2.99. The van der Waals surface area contributed by atoms with Gasteiger partial charge in [-0.3, -0.25) is 9.89 Å². The zero-order valence-corrected chi connectivity index (χ0v) is 12.4. The average molecular weight is 291 g/mol. The van der Waals surface area contributed by atoms with Crippen LogP contribution in [0.2, 0.25) is 0 Å². The Kier molecular flexibility index (Phi) is 2.96. The maximum Gasteiger partial charge on any atom is 0.275 e. The minimum Gasteiger partial charge on any atom is -0.330 e. The second-order valence-electron chi connectivity index (χ2n) is 5.74. The standard InChI is InChI=1S/C18H17N3O/c1-12-14-7-3-2-6-13(14)10-11-21(12)18(22)17-15-8-4-5-9-16(15)19-20-17/h2-9,12H,10-11H2,1H3,(H,19,20).